The summed E-state index contributed by atoms with van der Waals surface area (Å²) in [5, 5.41) is 25.3. The molecule has 0 bridgehead atoms. The first kappa shape index (κ1) is 53.5. The third-order valence-electron chi connectivity index (χ3n) is 16.1. The molecular weight excluding hydrogens is 960 g/mol. The van der Waals surface area contributed by atoms with Gasteiger partial charge < -0.3 is 43.8 Å². The van der Waals surface area contributed by atoms with E-state index in [9.17, 15) is 24.6 Å². The fraction of sp³-hybridized carbons (Fsp3) is 0.648. The summed E-state index contributed by atoms with van der Waals surface area (Å²) in [7, 11) is 3.64. The molecule has 4 aromatic rings. The van der Waals surface area contributed by atoms with Gasteiger partial charge >= 0.3 is 18.2 Å². The molecule has 2 saturated carbocycles. The highest BCUT2D eigenvalue weighted by atomic mass is 19.4. The number of carbonyl (C=O) groups excluding carboxylic acids is 2. The van der Waals surface area contributed by atoms with E-state index in [1.165, 1.54) is 28.7 Å². The Morgan fingerprint density at radius 1 is 1.00 bits per heavy atom. The fourth-order valence-corrected chi connectivity index (χ4v) is 12.0. The summed E-state index contributed by atoms with van der Waals surface area (Å²) >= 11 is 0. The van der Waals surface area contributed by atoms with E-state index in [4.69, 9.17) is 23.9 Å². The molecule has 4 atom stereocenters. The second-order valence-electron chi connectivity index (χ2n) is 23.3. The summed E-state index contributed by atoms with van der Waals surface area (Å²) in [6.45, 7) is 13.6. The number of hydrazine groups is 1. The molecule has 6 heterocycles. The number of benzene rings is 1. The van der Waals surface area contributed by atoms with Crippen molar-refractivity contribution in [3.8, 4) is 22.5 Å². The molecule has 1 aromatic carbocycles. The Morgan fingerprint density at radius 3 is 2.35 bits per heavy atom. The normalized spacial score (nSPS) is 23.5. The van der Waals surface area contributed by atoms with E-state index < -0.39 is 65.8 Å². The first-order chi connectivity index (χ1) is 35.0. The lowest BCUT2D eigenvalue weighted by atomic mass is 9.60. The van der Waals surface area contributed by atoms with Crippen LogP contribution >= 0.6 is 0 Å². The van der Waals surface area contributed by atoms with Gasteiger partial charge in [-0.05, 0) is 134 Å². The average Bonchev–Trinajstić information content (AvgIpc) is 3.85. The molecule has 1 spiro atoms. The number of piperazine rings is 1. The molecule has 0 radical (unpaired) electrons. The molecule has 4 N–H and O–H groups in total. The van der Waals surface area contributed by atoms with E-state index in [0.717, 1.165) is 51.3 Å². The quantitative estimate of drug-likeness (QED) is 0.0847. The number of pyridine rings is 1. The number of aromatic nitrogens is 3. The third-order valence-corrected chi connectivity index (χ3v) is 16.1. The number of alkyl halides is 3. The molecule has 20 heteroatoms. The Balaban J connectivity index is 1.17. The van der Waals surface area contributed by atoms with Crippen LogP contribution in [-0.4, -0.2) is 153 Å². The Kier molecular flexibility index (Phi) is 15.0. The predicted molar refractivity (Wildman–Crippen MR) is 272 cm³/mol. The number of aliphatic carboxylic acids is 1. The number of carbonyl (C=O) groups is 3. The van der Waals surface area contributed by atoms with Crippen molar-refractivity contribution >= 4 is 34.6 Å². The first-order valence-corrected chi connectivity index (χ1v) is 26.3. The van der Waals surface area contributed by atoms with Gasteiger partial charge in [-0.3, -0.25) is 24.5 Å². The van der Waals surface area contributed by atoms with E-state index in [1.807, 2.05) is 32.9 Å². The summed E-state index contributed by atoms with van der Waals surface area (Å²) in [4.78, 5) is 57.9. The Labute approximate surface area is 431 Å². The van der Waals surface area contributed by atoms with Gasteiger partial charge in [0.2, 0.25) is 5.89 Å². The number of anilines is 1. The van der Waals surface area contributed by atoms with Crippen molar-refractivity contribution in [2.45, 2.75) is 153 Å². The topological polar surface area (TPSA) is 191 Å². The van der Waals surface area contributed by atoms with E-state index in [0.29, 0.717) is 76.4 Å². The van der Waals surface area contributed by atoms with E-state index in [2.05, 4.69) is 32.5 Å². The number of hydrogen-bond acceptors (Lipinski definition) is 13. The van der Waals surface area contributed by atoms with Crippen molar-refractivity contribution in [3.63, 3.8) is 0 Å². The number of carboxylic acids is 1. The molecule has 1 unspecified atom stereocenters. The highest BCUT2D eigenvalue weighted by Gasteiger charge is 2.56. The number of alkyl carbamates (subject to hydrolysis) is 1. The Bertz CT molecular complexity index is 2700. The van der Waals surface area contributed by atoms with Gasteiger partial charge in [0.1, 0.15) is 36.2 Å². The molecule has 3 aliphatic heterocycles. The van der Waals surface area contributed by atoms with E-state index in [-0.39, 0.29) is 36.9 Å². The van der Waals surface area contributed by atoms with Crippen molar-refractivity contribution in [3.05, 3.63) is 53.9 Å². The van der Waals surface area contributed by atoms with Crippen LogP contribution in [0.15, 0.2) is 41.1 Å². The number of ether oxygens (including phenoxy) is 2. The molecule has 74 heavy (non-hydrogen) atoms. The number of hydrogen-bond donors (Lipinski definition) is 4. The zero-order chi connectivity index (χ0) is 53.1. The van der Waals surface area contributed by atoms with Crippen molar-refractivity contribution in [2.75, 3.05) is 64.9 Å². The van der Waals surface area contributed by atoms with Gasteiger partial charge in [0.05, 0.1) is 35.3 Å². The van der Waals surface area contributed by atoms with Crippen molar-refractivity contribution in [1.29, 1.82) is 0 Å². The number of nitrogens with one attached hydrogen (secondary N) is 2. The molecule has 404 valence electrons. The summed E-state index contributed by atoms with van der Waals surface area (Å²) in [6, 6.07) is 5.45. The largest absolute Gasteiger partial charge is 0.480 e. The number of oxazole rings is 1. The van der Waals surface area contributed by atoms with Crippen molar-refractivity contribution in [1.82, 2.24) is 40.1 Å². The standard InChI is InChI=1S/C54H74F3N9O8/c1-32(72-8)44-38(24-36(28-58-44)64-21-19-63(20-22-64)35-13-14-35)46-39(27-52(5,6)31-67)37-23-33(12-15-42(37)65(46)30-54(55,56)57)41-29-73-47(59-41)43(34-25-53(26-34)16-10-17-62(53)7)45(60-50(71)74-51(2,3)4)48(68)66-18-9-11-40(61-66)49(69)70/h12,15,23-24,28-29,32,34-35,40,43,45,61,67H,9-11,13-14,16-22,25-27,30-31H2,1-8H3,(H,60,71)(H,69,70)/t32-,34?,40?,43-,45-,53?/m0/s1. The van der Waals surface area contributed by atoms with Crippen LogP contribution in [0.4, 0.5) is 23.7 Å². The molecule has 3 saturated heterocycles. The van der Waals surface area contributed by atoms with Gasteiger partial charge in [0.15, 0.2) is 0 Å². The number of aliphatic hydroxyl groups is 1. The molecule has 3 aromatic heterocycles. The zero-order valence-electron chi connectivity index (χ0n) is 44.1. The number of fused-ring (bicyclic) bond motifs is 1. The summed E-state index contributed by atoms with van der Waals surface area (Å²) < 4.78 is 64.4. The van der Waals surface area contributed by atoms with Crippen LogP contribution in [0.25, 0.3) is 33.4 Å². The summed E-state index contributed by atoms with van der Waals surface area (Å²) in [5.74, 6) is -2.55. The van der Waals surface area contributed by atoms with Crippen LogP contribution in [0.1, 0.15) is 122 Å². The van der Waals surface area contributed by atoms with Gasteiger partial charge in [-0.2, -0.15) is 13.2 Å². The summed E-state index contributed by atoms with van der Waals surface area (Å²) in [5.41, 5.74) is 5.01. The van der Waals surface area contributed by atoms with Gasteiger partial charge in [-0.1, -0.05) is 19.9 Å². The second-order valence-corrected chi connectivity index (χ2v) is 23.3. The van der Waals surface area contributed by atoms with Crippen LogP contribution < -0.4 is 15.6 Å². The van der Waals surface area contributed by atoms with Gasteiger partial charge in [-0.25, -0.2) is 15.2 Å². The highest BCUT2D eigenvalue weighted by Crippen LogP contribution is 2.54. The molecule has 2 aliphatic carbocycles. The minimum Gasteiger partial charge on any atom is -0.480 e. The van der Waals surface area contributed by atoms with E-state index >= 15 is 13.2 Å². The Morgan fingerprint density at radius 2 is 1.73 bits per heavy atom. The lowest BCUT2D eigenvalue weighted by Gasteiger charge is -2.53. The lowest BCUT2D eigenvalue weighted by Crippen LogP contribution is -2.63. The van der Waals surface area contributed by atoms with Crippen LogP contribution in [-0.2, 0) is 32.0 Å². The number of amides is 2. The first-order valence-electron chi connectivity index (χ1n) is 26.3. The molecule has 5 fully saturated rings. The SMILES string of the molecule is CO[C@@H](C)c1ncc(N2CCN(C3CC3)CC2)cc1-c1c(CC(C)(C)CO)c2cc(-c3coc([C@@H](C4CC5(CCCN5C)C4)[C@H](NC(=O)OC(C)(C)C)C(=O)N4CCCC(C(=O)O)N4)n3)ccc2n1CC(F)(F)F. The average molecular weight is 1030 g/mol. The smallest absolute Gasteiger partial charge is 0.408 e. The number of nitrogens with zero attached hydrogens (tertiary/aromatic N) is 7. The van der Waals surface area contributed by atoms with Gasteiger partial charge in [0.25, 0.3) is 5.91 Å². The summed E-state index contributed by atoms with van der Waals surface area (Å²) in [6.07, 6.45) is 3.88. The van der Waals surface area contributed by atoms with Crippen LogP contribution in [0.5, 0.6) is 0 Å². The monoisotopic (exact) mass is 1030 g/mol. The maximum Gasteiger partial charge on any atom is 0.408 e. The third kappa shape index (κ3) is 11.3. The van der Waals surface area contributed by atoms with Crippen LogP contribution in [0.2, 0.25) is 0 Å². The number of carboxylic acid groups (broad SMARTS) is 1. The zero-order valence-corrected chi connectivity index (χ0v) is 44.1. The number of halogens is 3. The maximum absolute atomic E-state index is 15.0. The van der Waals surface area contributed by atoms with Crippen LogP contribution in [0, 0.1) is 11.3 Å². The number of aliphatic hydroxyl groups excluding tert-OH is 1. The fourth-order valence-electron chi connectivity index (χ4n) is 12.0. The highest BCUT2D eigenvalue weighted by molar-refractivity contribution is 5.95. The number of likely N-dealkylation sites (tertiary alicyclic amines) is 1. The number of rotatable bonds is 16. The predicted octanol–water partition coefficient (Wildman–Crippen LogP) is 7.90. The second kappa shape index (κ2) is 20.7. The van der Waals surface area contributed by atoms with Gasteiger partial charge in [-0.15, -0.1) is 0 Å². The lowest BCUT2D eigenvalue weighted by molar-refractivity contribution is -0.149. The molecule has 17 nitrogen and oxygen atoms in total. The van der Waals surface area contributed by atoms with Gasteiger partial charge in [0, 0.05) is 80.1 Å². The minimum atomic E-state index is -4.62. The van der Waals surface area contributed by atoms with E-state index in [1.54, 1.807) is 46.2 Å². The van der Waals surface area contributed by atoms with Crippen molar-refractivity contribution in [2.24, 2.45) is 11.3 Å². The van der Waals surface area contributed by atoms with Crippen LogP contribution in [0.3, 0.4) is 0 Å². The maximum atomic E-state index is 15.0. The molecule has 2 amide bonds. The molecule has 9 rings (SSSR count). The molecular formula is C54H74F3N9O8. The van der Waals surface area contributed by atoms with Crippen molar-refractivity contribution < 1.29 is 51.7 Å². The molecule has 5 aliphatic rings. The number of methoxy groups -OCH3 is 1. The Hall–Kier alpha value is -5.28. The minimum absolute atomic E-state index is 0.109.